The molecule has 0 unspecified atom stereocenters. The molecule has 0 saturated heterocycles. The molecule has 0 aliphatic heterocycles. The summed E-state index contributed by atoms with van der Waals surface area (Å²) >= 11 is 0. The molecule has 0 aliphatic carbocycles. The fourth-order valence-electron chi connectivity index (χ4n) is 2.89. The molecular weight excluding hydrogens is 394 g/mol. The van der Waals surface area contributed by atoms with Crippen LogP contribution in [0.2, 0.25) is 0 Å². The van der Waals surface area contributed by atoms with Gasteiger partial charge in [-0.05, 0) is 67.8 Å². The number of esters is 1. The molecule has 0 aliphatic rings. The van der Waals surface area contributed by atoms with E-state index in [1.807, 2.05) is 55.5 Å². The molecule has 2 rings (SSSR count). The molecule has 0 amide bonds. The lowest BCUT2D eigenvalue weighted by Gasteiger charge is -2.17. The van der Waals surface area contributed by atoms with Crippen molar-refractivity contribution >= 4 is 5.97 Å². The van der Waals surface area contributed by atoms with Gasteiger partial charge in [-0.25, -0.2) is 4.79 Å². The standard InChI is InChI=1S/C25H35NO5/c1-4-6-16-30-25(27)24(5-2)31-23-10-7-9-20(18-23)19-26-15-8-17-29-22-13-11-21(28-3)12-14-22/h7,9-14,18,24,26H,4-6,8,15-17,19H2,1-3H3/t24-/m1/s1. The van der Waals surface area contributed by atoms with E-state index in [0.717, 1.165) is 49.4 Å². The van der Waals surface area contributed by atoms with Crippen LogP contribution in [0.1, 0.15) is 45.1 Å². The molecular formula is C25H35NO5. The largest absolute Gasteiger partial charge is 0.497 e. The van der Waals surface area contributed by atoms with E-state index in [1.54, 1.807) is 7.11 Å². The molecule has 2 aromatic carbocycles. The maximum atomic E-state index is 12.2. The number of methoxy groups -OCH3 is 1. The van der Waals surface area contributed by atoms with Gasteiger partial charge in [-0.15, -0.1) is 0 Å². The number of ether oxygens (including phenoxy) is 4. The van der Waals surface area contributed by atoms with Crippen molar-refractivity contribution in [3.63, 3.8) is 0 Å². The van der Waals surface area contributed by atoms with Crippen LogP contribution in [0.25, 0.3) is 0 Å². The normalized spacial score (nSPS) is 11.6. The predicted octanol–water partition coefficient (Wildman–Crippen LogP) is 4.75. The van der Waals surface area contributed by atoms with Gasteiger partial charge >= 0.3 is 5.97 Å². The molecule has 170 valence electrons. The van der Waals surface area contributed by atoms with Gasteiger partial charge in [-0.1, -0.05) is 32.4 Å². The summed E-state index contributed by atoms with van der Waals surface area (Å²) in [6, 6.07) is 15.4. The van der Waals surface area contributed by atoms with Crippen LogP contribution in [0.5, 0.6) is 17.2 Å². The average Bonchev–Trinajstić information content (AvgIpc) is 2.80. The summed E-state index contributed by atoms with van der Waals surface area (Å²) in [4.78, 5) is 12.2. The number of nitrogens with one attached hydrogen (secondary N) is 1. The van der Waals surface area contributed by atoms with Gasteiger partial charge in [0.05, 0.1) is 20.3 Å². The third-order valence-electron chi connectivity index (χ3n) is 4.71. The van der Waals surface area contributed by atoms with Crippen molar-refractivity contribution in [1.82, 2.24) is 5.32 Å². The van der Waals surface area contributed by atoms with Gasteiger partial charge in [0.25, 0.3) is 0 Å². The topological polar surface area (TPSA) is 66.0 Å². The first-order valence-corrected chi connectivity index (χ1v) is 11.1. The second kappa shape index (κ2) is 14.3. The molecule has 1 atom stereocenters. The van der Waals surface area contributed by atoms with Crippen molar-refractivity contribution in [2.75, 3.05) is 26.9 Å². The van der Waals surface area contributed by atoms with Gasteiger partial charge in [-0.2, -0.15) is 0 Å². The quantitative estimate of drug-likeness (QED) is 0.325. The molecule has 0 aromatic heterocycles. The van der Waals surface area contributed by atoms with Crippen LogP contribution >= 0.6 is 0 Å². The number of unbranched alkanes of at least 4 members (excludes halogenated alkanes) is 1. The van der Waals surface area contributed by atoms with Crippen LogP contribution in [0.15, 0.2) is 48.5 Å². The van der Waals surface area contributed by atoms with Crippen LogP contribution in [-0.4, -0.2) is 38.9 Å². The van der Waals surface area contributed by atoms with Crippen LogP contribution in [0.4, 0.5) is 0 Å². The van der Waals surface area contributed by atoms with Crippen LogP contribution < -0.4 is 19.5 Å². The van der Waals surface area contributed by atoms with Crippen LogP contribution in [-0.2, 0) is 16.1 Å². The van der Waals surface area contributed by atoms with Crippen molar-refractivity contribution in [2.24, 2.45) is 0 Å². The lowest BCUT2D eigenvalue weighted by atomic mass is 10.2. The zero-order chi connectivity index (χ0) is 22.3. The Morgan fingerprint density at radius 1 is 0.968 bits per heavy atom. The minimum Gasteiger partial charge on any atom is -0.497 e. The third-order valence-corrected chi connectivity index (χ3v) is 4.71. The highest BCUT2D eigenvalue weighted by atomic mass is 16.6. The number of carbonyl (C=O) groups excluding carboxylic acids is 1. The molecule has 0 radical (unpaired) electrons. The highest BCUT2D eigenvalue weighted by Crippen LogP contribution is 2.18. The van der Waals surface area contributed by atoms with E-state index in [9.17, 15) is 4.79 Å². The van der Waals surface area contributed by atoms with E-state index in [-0.39, 0.29) is 5.97 Å². The first-order chi connectivity index (χ1) is 15.2. The van der Waals surface area contributed by atoms with Crippen LogP contribution in [0, 0.1) is 0 Å². The van der Waals surface area contributed by atoms with Crippen molar-refractivity contribution in [3.05, 3.63) is 54.1 Å². The number of carbonyl (C=O) groups is 1. The maximum absolute atomic E-state index is 12.2. The third kappa shape index (κ3) is 9.30. The fourth-order valence-corrected chi connectivity index (χ4v) is 2.89. The number of hydrogen-bond donors (Lipinski definition) is 1. The molecule has 6 heteroatoms. The Balaban J connectivity index is 1.69. The van der Waals surface area contributed by atoms with Crippen molar-refractivity contribution in [3.8, 4) is 17.2 Å². The summed E-state index contributed by atoms with van der Waals surface area (Å²) in [5, 5.41) is 3.41. The molecule has 0 fully saturated rings. The summed E-state index contributed by atoms with van der Waals surface area (Å²) in [5.74, 6) is 2.04. The fraction of sp³-hybridized carbons (Fsp3) is 0.480. The summed E-state index contributed by atoms with van der Waals surface area (Å²) in [6.07, 6.45) is 2.75. The Morgan fingerprint density at radius 2 is 1.74 bits per heavy atom. The zero-order valence-corrected chi connectivity index (χ0v) is 18.9. The highest BCUT2D eigenvalue weighted by molar-refractivity contribution is 5.75. The van der Waals surface area contributed by atoms with Gasteiger partial charge in [0, 0.05) is 6.54 Å². The lowest BCUT2D eigenvalue weighted by molar-refractivity contribution is -0.152. The zero-order valence-electron chi connectivity index (χ0n) is 18.9. The molecule has 6 nitrogen and oxygen atoms in total. The Bertz CT molecular complexity index is 763. The monoisotopic (exact) mass is 429 g/mol. The lowest BCUT2D eigenvalue weighted by Crippen LogP contribution is -2.29. The highest BCUT2D eigenvalue weighted by Gasteiger charge is 2.19. The second-order valence-electron chi connectivity index (χ2n) is 7.24. The predicted molar refractivity (Wildman–Crippen MR) is 122 cm³/mol. The first kappa shape index (κ1) is 24.5. The van der Waals surface area contributed by atoms with Crippen molar-refractivity contribution in [2.45, 2.75) is 52.2 Å². The Kier molecular flexibility index (Phi) is 11.3. The van der Waals surface area contributed by atoms with Crippen molar-refractivity contribution < 1.29 is 23.7 Å². The average molecular weight is 430 g/mol. The number of rotatable bonds is 15. The first-order valence-electron chi connectivity index (χ1n) is 11.1. The summed E-state index contributed by atoms with van der Waals surface area (Å²) in [5.41, 5.74) is 1.10. The Morgan fingerprint density at radius 3 is 2.45 bits per heavy atom. The van der Waals surface area contributed by atoms with E-state index in [1.165, 1.54) is 0 Å². The molecule has 0 saturated carbocycles. The maximum Gasteiger partial charge on any atom is 0.347 e. The minimum absolute atomic E-state index is 0.295. The Hall–Kier alpha value is -2.73. The molecule has 0 bridgehead atoms. The van der Waals surface area contributed by atoms with E-state index in [2.05, 4.69) is 12.2 Å². The smallest absolute Gasteiger partial charge is 0.347 e. The Labute approximate surface area is 185 Å². The number of benzene rings is 2. The van der Waals surface area contributed by atoms with E-state index in [4.69, 9.17) is 18.9 Å². The summed E-state index contributed by atoms with van der Waals surface area (Å²) in [7, 11) is 1.65. The van der Waals surface area contributed by atoms with Crippen LogP contribution in [0.3, 0.4) is 0 Å². The van der Waals surface area contributed by atoms with E-state index < -0.39 is 6.10 Å². The van der Waals surface area contributed by atoms with Gasteiger partial charge in [0.2, 0.25) is 0 Å². The molecule has 31 heavy (non-hydrogen) atoms. The SMILES string of the molecule is CCCCOC(=O)[C@@H](CC)Oc1cccc(CNCCCOc2ccc(OC)cc2)c1. The number of hydrogen-bond acceptors (Lipinski definition) is 6. The molecule has 0 heterocycles. The molecule has 1 N–H and O–H groups in total. The second-order valence-corrected chi connectivity index (χ2v) is 7.24. The summed E-state index contributed by atoms with van der Waals surface area (Å²) in [6.45, 7) is 6.63. The van der Waals surface area contributed by atoms with Gasteiger partial charge in [-0.3, -0.25) is 0 Å². The molecule has 0 spiro atoms. The minimum atomic E-state index is -0.574. The van der Waals surface area contributed by atoms with Crippen molar-refractivity contribution in [1.29, 1.82) is 0 Å². The van der Waals surface area contributed by atoms with Gasteiger partial charge in [0.1, 0.15) is 17.2 Å². The van der Waals surface area contributed by atoms with E-state index >= 15 is 0 Å². The van der Waals surface area contributed by atoms with Gasteiger partial charge < -0.3 is 24.3 Å². The summed E-state index contributed by atoms with van der Waals surface area (Å²) < 4.78 is 22.0. The molecule has 2 aromatic rings. The van der Waals surface area contributed by atoms with E-state index in [0.29, 0.717) is 25.4 Å². The van der Waals surface area contributed by atoms with Gasteiger partial charge in [0.15, 0.2) is 6.10 Å².